The second kappa shape index (κ2) is 60.3. The van der Waals surface area contributed by atoms with Gasteiger partial charge in [0.05, 0.1) is 39.9 Å². The first-order valence-electron chi connectivity index (χ1n) is 34.4. The van der Waals surface area contributed by atoms with Crippen LogP contribution in [-0.4, -0.2) is 73.4 Å². The minimum absolute atomic E-state index is 0.0553. The monoisotopic (exact) mass is 1120 g/mol. The zero-order valence-corrected chi connectivity index (χ0v) is 53.8. The van der Waals surface area contributed by atoms with Crippen LogP contribution in [0.25, 0.3) is 0 Å². The van der Waals surface area contributed by atoms with E-state index >= 15 is 0 Å². The third kappa shape index (κ3) is 62.3. The van der Waals surface area contributed by atoms with Crippen molar-refractivity contribution in [1.29, 1.82) is 0 Å². The summed E-state index contributed by atoms with van der Waals surface area (Å²) in [6.07, 6.45) is 80.3. The number of aliphatic hydroxyl groups excluding tert-OH is 1. The summed E-state index contributed by atoms with van der Waals surface area (Å²) in [6, 6.07) is -0.869. The molecule has 9 heteroatoms. The van der Waals surface area contributed by atoms with Crippen LogP contribution in [0.2, 0.25) is 0 Å². The van der Waals surface area contributed by atoms with Crippen molar-refractivity contribution in [3.05, 3.63) is 36.5 Å². The van der Waals surface area contributed by atoms with E-state index in [2.05, 4.69) is 43.5 Å². The average molecular weight is 1120 g/mol. The molecule has 0 rings (SSSR count). The van der Waals surface area contributed by atoms with Crippen molar-refractivity contribution in [2.75, 3.05) is 40.9 Å². The smallest absolute Gasteiger partial charge is 0.387 e. The molecule has 0 spiro atoms. The average Bonchev–Trinajstić information content (AvgIpc) is 3.41. The van der Waals surface area contributed by atoms with Gasteiger partial charge in [0.15, 0.2) is 0 Å². The van der Waals surface area contributed by atoms with Crippen LogP contribution in [0.5, 0.6) is 0 Å². The van der Waals surface area contributed by atoms with E-state index in [9.17, 15) is 19.4 Å². The molecule has 0 saturated carbocycles. The van der Waals surface area contributed by atoms with Gasteiger partial charge in [-0.1, -0.05) is 333 Å². The maximum Gasteiger partial charge on any atom is 0.472 e. The number of quaternary nitrogens is 1. The van der Waals surface area contributed by atoms with E-state index in [-0.39, 0.29) is 19.1 Å². The van der Waals surface area contributed by atoms with Crippen LogP contribution in [0.15, 0.2) is 36.5 Å². The third-order valence-corrected chi connectivity index (χ3v) is 16.8. The van der Waals surface area contributed by atoms with Gasteiger partial charge in [-0.15, -0.1) is 0 Å². The van der Waals surface area contributed by atoms with Crippen molar-refractivity contribution in [2.45, 2.75) is 360 Å². The largest absolute Gasteiger partial charge is 0.472 e. The highest BCUT2D eigenvalue weighted by Gasteiger charge is 2.28. The topological polar surface area (TPSA) is 105 Å². The molecule has 0 bridgehead atoms. The normalized spacial score (nSPS) is 13.9. The number of phosphoric acid groups is 1. The van der Waals surface area contributed by atoms with Gasteiger partial charge in [-0.2, -0.15) is 0 Å². The van der Waals surface area contributed by atoms with E-state index in [1.807, 2.05) is 27.2 Å². The second-order valence-corrected chi connectivity index (χ2v) is 26.4. The Hall–Kier alpha value is -1.28. The van der Waals surface area contributed by atoms with Gasteiger partial charge in [0.2, 0.25) is 5.91 Å². The van der Waals surface area contributed by atoms with Crippen LogP contribution in [-0.2, 0) is 18.4 Å². The highest BCUT2D eigenvalue weighted by molar-refractivity contribution is 7.47. The lowest BCUT2D eigenvalue weighted by molar-refractivity contribution is -0.870. The molecular formula is C69H136N2O6P+. The zero-order valence-electron chi connectivity index (χ0n) is 52.9. The van der Waals surface area contributed by atoms with E-state index in [0.29, 0.717) is 17.4 Å². The first-order chi connectivity index (χ1) is 38.0. The van der Waals surface area contributed by atoms with Crippen molar-refractivity contribution < 1.29 is 32.9 Å². The number of carbonyl (C=O) groups excluding carboxylic acids is 1. The Bertz CT molecular complexity index is 1360. The predicted octanol–water partition coefficient (Wildman–Crippen LogP) is 21.7. The molecule has 0 aromatic carbocycles. The van der Waals surface area contributed by atoms with E-state index in [4.69, 9.17) is 9.05 Å². The van der Waals surface area contributed by atoms with E-state index < -0.39 is 20.0 Å². The van der Waals surface area contributed by atoms with Gasteiger partial charge in [-0.25, -0.2) is 4.57 Å². The highest BCUT2D eigenvalue weighted by atomic mass is 31.2. The first kappa shape index (κ1) is 76.7. The van der Waals surface area contributed by atoms with Crippen molar-refractivity contribution in [3.63, 3.8) is 0 Å². The third-order valence-electron chi connectivity index (χ3n) is 15.8. The summed E-state index contributed by atoms with van der Waals surface area (Å²) in [4.78, 5) is 23.4. The summed E-state index contributed by atoms with van der Waals surface area (Å²) in [6.45, 7) is 4.83. The standard InChI is InChI=1S/C69H135N2O6P/c1-6-8-10-12-14-16-18-20-22-24-26-27-28-29-30-31-32-33-34-35-36-37-38-39-40-41-42-43-45-47-49-51-53-55-57-59-61-63-69(73)70-67(66-77-78(74,75)76-65-64-71(3,4)5)68(72)62-60-58-56-54-52-50-48-46-44-25-23-21-19-17-15-13-11-9-7-2/h44,46,52,54,60,62,67-68,72H,6-43,45,47-51,53,55-59,61,63-66H2,1-5H3,(H-,70,73,74,75)/p+1/b46-44+,54-52+,62-60+. The summed E-state index contributed by atoms with van der Waals surface area (Å²) in [7, 11) is 1.56. The fraction of sp³-hybridized carbons (Fsp3) is 0.899. The fourth-order valence-corrected chi connectivity index (χ4v) is 11.2. The van der Waals surface area contributed by atoms with Crippen LogP contribution in [0, 0.1) is 0 Å². The lowest BCUT2D eigenvalue weighted by Crippen LogP contribution is -2.45. The number of hydrogen-bond donors (Lipinski definition) is 3. The van der Waals surface area contributed by atoms with Gasteiger partial charge in [0.25, 0.3) is 0 Å². The molecular weight excluding hydrogens is 984 g/mol. The molecule has 0 aliphatic heterocycles. The SMILES string of the molecule is CCCCCCCCCCC/C=C/CC/C=C/CC/C=C/C(O)C(COP(=O)(O)OCC[N+](C)(C)C)NC(=O)CCCCCCCCCCCCCCCCCCCCCCCCCCCCCCCCCCCCCCC. The molecule has 3 atom stereocenters. The summed E-state index contributed by atoms with van der Waals surface area (Å²) in [5, 5.41) is 13.9. The number of nitrogens with zero attached hydrogens (tertiary/aromatic N) is 1. The van der Waals surface area contributed by atoms with E-state index in [1.54, 1.807) is 6.08 Å². The van der Waals surface area contributed by atoms with Crippen LogP contribution in [0.1, 0.15) is 348 Å². The molecule has 0 aromatic rings. The molecule has 0 heterocycles. The van der Waals surface area contributed by atoms with E-state index in [0.717, 1.165) is 44.9 Å². The molecule has 3 unspecified atom stereocenters. The predicted molar refractivity (Wildman–Crippen MR) is 341 cm³/mol. The van der Waals surface area contributed by atoms with Gasteiger partial charge in [-0.3, -0.25) is 13.8 Å². The van der Waals surface area contributed by atoms with Crippen LogP contribution in [0.4, 0.5) is 0 Å². The highest BCUT2D eigenvalue weighted by Crippen LogP contribution is 2.43. The molecule has 3 N–H and O–H groups in total. The zero-order chi connectivity index (χ0) is 57.0. The van der Waals surface area contributed by atoms with Crippen LogP contribution < -0.4 is 5.32 Å². The van der Waals surface area contributed by atoms with Crippen molar-refractivity contribution in [3.8, 4) is 0 Å². The number of likely N-dealkylation sites (N-methyl/N-ethyl adjacent to an activating group) is 1. The lowest BCUT2D eigenvalue weighted by Gasteiger charge is -2.25. The number of amides is 1. The number of allylic oxidation sites excluding steroid dienone is 5. The Morgan fingerprint density at radius 1 is 0.423 bits per heavy atom. The van der Waals surface area contributed by atoms with Crippen LogP contribution in [0.3, 0.4) is 0 Å². The van der Waals surface area contributed by atoms with Gasteiger partial charge in [0, 0.05) is 6.42 Å². The Morgan fingerprint density at radius 3 is 1.03 bits per heavy atom. The van der Waals surface area contributed by atoms with Crippen molar-refractivity contribution >= 4 is 13.7 Å². The van der Waals surface area contributed by atoms with Crippen molar-refractivity contribution in [1.82, 2.24) is 5.32 Å². The molecule has 0 fully saturated rings. The number of hydrogen-bond acceptors (Lipinski definition) is 5. The molecule has 78 heavy (non-hydrogen) atoms. The van der Waals surface area contributed by atoms with E-state index in [1.165, 1.54) is 283 Å². The maximum atomic E-state index is 13.0. The minimum Gasteiger partial charge on any atom is -0.387 e. The molecule has 8 nitrogen and oxygen atoms in total. The molecule has 1 amide bonds. The molecule has 0 aromatic heterocycles. The van der Waals surface area contributed by atoms with Gasteiger partial charge < -0.3 is 19.8 Å². The first-order valence-corrected chi connectivity index (χ1v) is 35.9. The Kier molecular flexibility index (Phi) is 59.3. The fourth-order valence-electron chi connectivity index (χ4n) is 10.5. The minimum atomic E-state index is -4.36. The van der Waals surface area contributed by atoms with Gasteiger partial charge >= 0.3 is 7.82 Å². The summed E-state index contributed by atoms with van der Waals surface area (Å²) < 4.78 is 23.7. The maximum absolute atomic E-state index is 13.0. The number of nitrogens with one attached hydrogen (secondary N) is 1. The van der Waals surface area contributed by atoms with Crippen molar-refractivity contribution in [2.24, 2.45) is 0 Å². The lowest BCUT2D eigenvalue weighted by atomic mass is 10.0. The van der Waals surface area contributed by atoms with Gasteiger partial charge in [0.1, 0.15) is 13.2 Å². The number of rotatable bonds is 64. The molecule has 0 aliphatic carbocycles. The second-order valence-electron chi connectivity index (χ2n) is 24.9. The summed E-state index contributed by atoms with van der Waals surface area (Å²) in [5.74, 6) is -0.184. The summed E-state index contributed by atoms with van der Waals surface area (Å²) in [5.41, 5.74) is 0. The summed E-state index contributed by atoms with van der Waals surface area (Å²) >= 11 is 0. The Balaban J connectivity index is 3.97. The number of unbranched alkanes of at least 4 members (excludes halogenated alkanes) is 47. The molecule has 0 radical (unpaired) electrons. The Labute approximate surface area is 487 Å². The number of carbonyl (C=O) groups is 1. The quantitative estimate of drug-likeness (QED) is 0.0243. The molecule has 462 valence electrons. The Morgan fingerprint density at radius 2 is 0.705 bits per heavy atom. The molecule has 0 saturated heterocycles. The van der Waals surface area contributed by atoms with Gasteiger partial charge in [-0.05, 0) is 44.9 Å². The number of aliphatic hydroxyl groups is 1. The number of phosphoric ester groups is 1. The molecule has 0 aliphatic rings. The van der Waals surface area contributed by atoms with Crippen LogP contribution >= 0.6 is 7.82 Å².